The smallest absolute Gasteiger partial charge is 0.341 e. The van der Waals surface area contributed by atoms with E-state index in [0.717, 1.165) is 22.6 Å². The molecule has 174 valence electrons. The third-order valence-corrected chi connectivity index (χ3v) is 6.55. The predicted octanol–water partition coefficient (Wildman–Crippen LogP) is 3.84. The minimum atomic E-state index is -0.683. The first-order valence-corrected chi connectivity index (χ1v) is 11.3. The van der Waals surface area contributed by atoms with Crippen molar-refractivity contribution in [2.45, 2.75) is 20.8 Å². The highest BCUT2D eigenvalue weighted by molar-refractivity contribution is 7.18. The number of anilines is 1. The summed E-state index contributed by atoms with van der Waals surface area (Å²) in [5, 5.41) is 8.01. The van der Waals surface area contributed by atoms with E-state index in [-0.39, 0.29) is 22.0 Å². The van der Waals surface area contributed by atoms with E-state index in [1.54, 1.807) is 30.7 Å². The van der Waals surface area contributed by atoms with E-state index in [0.29, 0.717) is 27.7 Å². The molecule has 0 fully saturated rings. The van der Waals surface area contributed by atoms with Crippen LogP contribution in [0.3, 0.4) is 0 Å². The van der Waals surface area contributed by atoms with E-state index in [4.69, 9.17) is 15.5 Å². The molecule has 0 bridgehead atoms. The number of hydrogen-bond donors (Lipinski definition) is 2. The molecule has 0 spiro atoms. The van der Waals surface area contributed by atoms with Crippen LogP contribution < -0.4 is 11.1 Å². The second kappa shape index (κ2) is 9.06. The Bertz CT molecular complexity index is 1450. The number of hydrogen-bond acceptors (Lipinski definition) is 7. The molecule has 9 nitrogen and oxygen atoms in total. The number of thiophene rings is 1. The number of carbonyl (C=O) groups is 3. The lowest BCUT2D eigenvalue weighted by Gasteiger charge is -2.11. The van der Waals surface area contributed by atoms with Crippen molar-refractivity contribution in [1.82, 2.24) is 14.8 Å². The number of fused-ring (bicyclic) bond motifs is 1. The molecular formula is C24H23N5O4S. The summed E-state index contributed by atoms with van der Waals surface area (Å²) in [6.07, 6.45) is 1.84. The van der Waals surface area contributed by atoms with E-state index in [1.165, 1.54) is 0 Å². The van der Waals surface area contributed by atoms with Gasteiger partial charge in [-0.1, -0.05) is 18.2 Å². The molecule has 3 N–H and O–H groups in total. The van der Waals surface area contributed by atoms with Gasteiger partial charge in [0.2, 0.25) is 0 Å². The summed E-state index contributed by atoms with van der Waals surface area (Å²) in [5.74, 6) is -1.77. The van der Waals surface area contributed by atoms with Crippen molar-refractivity contribution in [2.75, 3.05) is 11.9 Å². The summed E-state index contributed by atoms with van der Waals surface area (Å²) in [7, 11) is 1.82. The number of nitrogens with two attached hydrogens (primary N) is 1. The van der Waals surface area contributed by atoms with E-state index in [9.17, 15) is 14.4 Å². The molecular weight excluding hydrogens is 454 g/mol. The Morgan fingerprint density at radius 3 is 2.59 bits per heavy atom. The summed E-state index contributed by atoms with van der Waals surface area (Å²) < 4.78 is 6.82. The molecule has 0 radical (unpaired) electrons. The van der Waals surface area contributed by atoms with E-state index >= 15 is 0 Å². The van der Waals surface area contributed by atoms with Gasteiger partial charge in [0.25, 0.3) is 11.8 Å². The number of aromatic nitrogens is 3. The average Bonchev–Trinajstić information content (AvgIpc) is 3.30. The maximum atomic E-state index is 13.5. The third kappa shape index (κ3) is 4.15. The Morgan fingerprint density at radius 2 is 1.94 bits per heavy atom. The molecule has 0 unspecified atom stereocenters. The fourth-order valence-electron chi connectivity index (χ4n) is 3.81. The zero-order chi connectivity index (χ0) is 24.6. The summed E-state index contributed by atoms with van der Waals surface area (Å²) in [5.41, 5.74) is 9.16. The van der Waals surface area contributed by atoms with Crippen LogP contribution >= 0.6 is 11.3 Å². The van der Waals surface area contributed by atoms with Crippen LogP contribution in [-0.4, -0.2) is 39.2 Å². The average molecular weight is 478 g/mol. The van der Waals surface area contributed by atoms with Crippen LogP contribution in [0.25, 0.3) is 22.2 Å². The largest absolute Gasteiger partial charge is 0.462 e. The number of benzene rings is 1. The number of para-hydroxylation sites is 1. The van der Waals surface area contributed by atoms with E-state index < -0.39 is 17.8 Å². The molecule has 0 aliphatic rings. The van der Waals surface area contributed by atoms with Crippen molar-refractivity contribution in [3.8, 4) is 11.3 Å². The number of esters is 1. The number of nitrogens with one attached hydrogen (secondary N) is 1. The maximum Gasteiger partial charge on any atom is 0.341 e. The number of rotatable bonds is 6. The van der Waals surface area contributed by atoms with Crippen LogP contribution in [-0.2, 0) is 11.8 Å². The molecule has 3 aromatic heterocycles. The van der Waals surface area contributed by atoms with Gasteiger partial charge in [0.1, 0.15) is 5.00 Å². The molecule has 3 heterocycles. The van der Waals surface area contributed by atoms with Gasteiger partial charge in [0.15, 0.2) is 0 Å². The van der Waals surface area contributed by atoms with Gasteiger partial charge in [-0.25, -0.2) is 9.78 Å². The van der Waals surface area contributed by atoms with E-state index in [2.05, 4.69) is 10.4 Å². The third-order valence-electron chi connectivity index (χ3n) is 5.33. The Morgan fingerprint density at radius 1 is 1.21 bits per heavy atom. The second-order valence-corrected chi connectivity index (χ2v) is 8.69. The normalized spacial score (nSPS) is 10.9. The Kier molecular flexibility index (Phi) is 6.16. The van der Waals surface area contributed by atoms with Gasteiger partial charge in [-0.05, 0) is 38.5 Å². The summed E-state index contributed by atoms with van der Waals surface area (Å²) >= 11 is 0.947. The lowest BCUT2D eigenvalue weighted by molar-refractivity contribution is 0.0527. The van der Waals surface area contributed by atoms with Crippen molar-refractivity contribution < 1.29 is 19.1 Å². The highest BCUT2D eigenvalue weighted by atomic mass is 32.1. The lowest BCUT2D eigenvalue weighted by atomic mass is 10.0. The highest BCUT2D eigenvalue weighted by Gasteiger charge is 2.26. The molecule has 4 aromatic rings. The molecule has 10 heteroatoms. The molecule has 0 atom stereocenters. The van der Waals surface area contributed by atoms with Crippen molar-refractivity contribution in [3.63, 3.8) is 0 Å². The second-order valence-electron chi connectivity index (χ2n) is 7.67. The van der Waals surface area contributed by atoms with E-state index in [1.807, 2.05) is 38.4 Å². The SMILES string of the molecule is CCOC(=O)c1c(NC(=O)c2cc(-c3cn(C)nc3C)nc3ccccc23)sc(C(N)=O)c1C. The molecule has 34 heavy (non-hydrogen) atoms. The predicted molar refractivity (Wildman–Crippen MR) is 130 cm³/mol. The molecule has 0 saturated heterocycles. The summed E-state index contributed by atoms with van der Waals surface area (Å²) in [6.45, 7) is 5.30. The number of nitrogens with zero attached hydrogens (tertiary/aromatic N) is 3. The van der Waals surface area contributed by atoms with Crippen molar-refractivity contribution in [2.24, 2.45) is 12.8 Å². The minimum absolute atomic E-state index is 0.121. The molecule has 4 rings (SSSR count). The summed E-state index contributed by atoms with van der Waals surface area (Å²) in [6, 6.07) is 8.99. The Balaban J connectivity index is 1.83. The quantitative estimate of drug-likeness (QED) is 0.406. The zero-order valence-electron chi connectivity index (χ0n) is 19.1. The fourth-order valence-corrected chi connectivity index (χ4v) is 4.85. The van der Waals surface area contributed by atoms with Crippen LogP contribution in [0.15, 0.2) is 36.5 Å². The van der Waals surface area contributed by atoms with Crippen molar-refractivity contribution in [3.05, 3.63) is 63.8 Å². The number of pyridine rings is 1. The number of aryl methyl sites for hydroxylation is 2. The van der Waals surface area contributed by atoms with Gasteiger partial charge in [-0.15, -0.1) is 11.3 Å². The molecule has 2 amide bonds. The number of amides is 2. The molecule has 0 aliphatic heterocycles. The molecule has 1 aromatic carbocycles. The van der Waals surface area contributed by atoms with Gasteiger partial charge in [0.05, 0.1) is 39.5 Å². The highest BCUT2D eigenvalue weighted by Crippen LogP contribution is 2.35. The summed E-state index contributed by atoms with van der Waals surface area (Å²) in [4.78, 5) is 42.9. The van der Waals surface area contributed by atoms with Crippen LogP contribution in [0.4, 0.5) is 5.00 Å². The van der Waals surface area contributed by atoms with Gasteiger partial charge in [0, 0.05) is 24.2 Å². The van der Waals surface area contributed by atoms with Crippen LogP contribution in [0, 0.1) is 13.8 Å². The molecule has 0 saturated carbocycles. The maximum absolute atomic E-state index is 13.5. The molecule has 0 aliphatic carbocycles. The van der Waals surface area contributed by atoms with Gasteiger partial charge in [-0.2, -0.15) is 5.10 Å². The first-order valence-electron chi connectivity index (χ1n) is 10.5. The Labute approximate surface area is 199 Å². The monoisotopic (exact) mass is 477 g/mol. The topological polar surface area (TPSA) is 129 Å². The lowest BCUT2D eigenvalue weighted by Crippen LogP contribution is -2.16. The first kappa shape index (κ1) is 23.1. The number of ether oxygens (including phenoxy) is 1. The Hall–Kier alpha value is -4.05. The number of primary amides is 1. The minimum Gasteiger partial charge on any atom is -0.462 e. The van der Waals surface area contributed by atoms with Crippen LogP contribution in [0.2, 0.25) is 0 Å². The van der Waals surface area contributed by atoms with Gasteiger partial charge >= 0.3 is 5.97 Å². The van der Waals surface area contributed by atoms with Crippen molar-refractivity contribution in [1.29, 1.82) is 0 Å². The zero-order valence-corrected chi connectivity index (χ0v) is 19.9. The first-order chi connectivity index (χ1) is 16.2. The van der Waals surface area contributed by atoms with Crippen molar-refractivity contribution >= 4 is 45.0 Å². The van der Waals surface area contributed by atoms with Gasteiger partial charge < -0.3 is 15.8 Å². The van der Waals surface area contributed by atoms with Crippen LogP contribution in [0.5, 0.6) is 0 Å². The van der Waals surface area contributed by atoms with Crippen LogP contribution in [0.1, 0.15) is 48.6 Å². The number of carbonyl (C=O) groups excluding carboxylic acids is 3. The van der Waals surface area contributed by atoms with Gasteiger partial charge in [-0.3, -0.25) is 14.3 Å². The standard InChI is InChI=1S/C24H23N5O4S/c1-5-33-24(32)19-12(2)20(21(25)30)34-23(19)27-22(31)15-10-18(16-11-29(4)28-13(16)3)26-17-9-7-6-8-14(15)17/h6-11H,5H2,1-4H3,(H2,25,30)(H,27,31). The fraction of sp³-hybridized carbons (Fsp3) is 0.208.